The van der Waals surface area contributed by atoms with Gasteiger partial charge in [0.05, 0.1) is 12.3 Å². The first-order chi connectivity index (χ1) is 7.54. The molecule has 0 fully saturated rings. The molecule has 0 aliphatic rings. The highest BCUT2D eigenvalue weighted by Gasteiger charge is 2.17. The summed E-state index contributed by atoms with van der Waals surface area (Å²) in [6.45, 7) is 7.02. The molecule has 0 aromatic carbocycles. The van der Waals surface area contributed by atoms with Crippen molar-refractivity contribution >= 4 is 17.3 Å². The average molecular weight is 243 g/mol. The smallest absolute Gasteiger partial charge is 0.347 e. The number of aromatic carboxylic acids is 1. The molecule has 90 valence electrons. The molecule has 0 spiro atoms. The molecule has 0 amide bonds. The monoisotopic (exact) mass is 243 g/mol. The van der Waals surface area contributed by atoms with E-state index in [-0.39, 0.29) is 0 Å². The van der Waals surface area contributed by atoms with Gasteiger partial charge in [0.1, 0.15) is 9.88 Å². The molecule has 1 aromatic rings. The van der Waals surface area contributed by atoms with Crippen LogP contribution in [0.2, 0.25) is 0 Å². The molecule has 0 unspecified atom stereocenters. The summed E-state index contributed by atoms with van der Waals surface area (Å²) >= 11 is 1.21. The fourth-order valence-electron chi connectivity index (χ4n) is 1.34. The molecule has 1 heterocycles. The van der Waals surface area contributed by atoms with E-state index in [1.807, 2.05) is 20.8 Å². The van der Waals surface area contributed by atoms with Crippen molar-refractivity contribution in [2.24, 2.45) is 5.92 Å². The highest BCUT2D eigenvalue weighted by molar-refractivity contribution is 7.13. The molecule has 4 nitrogen and oxygen atoms in total. The average Bonchev–Trinajstić information content (AvgIpc) is 2.57. The lowest BCUT2D eigenvalue weighted by Crippen LogP contribution is -2.02. The van der Waals surface area contributed by atoms with E-state index in [4.69, 9.17) is 9.84 Å². The van der Waals surface area contributed by atoms with Gasteiger partial charge in [-0.15, -0.1) is 11.3 Å². The quantitative estimate of drug-likeness (QED) is 0.834. The molecule has 5 heteroatoms. The minimum atomic E-state index is -0.893. The van der Waals surface area contributed by atoms with Crippen molar-refractivity contribution in [1.82, 2.24) is 4.98 Å². The highest BCUT2D eigenvalue weighted by Crippen LogP contribution is 2.22. The number of hydrogen-bond acceptors (Lipinski definition) is 4. The second-order valence-corrected chi connectivity index (χ2v) is 5.01. The molecule has 0 saturated carbocycles. The molecule has 0 aliphatic heterocycles. The summed E-state index contributed by atoms with van der Waals surface area (Å²) in [5, 5.41) is 9.79. The first-order valence-corrected chi connectivity index (χ1v) is 6.15. The van der Waals surface area contributed by atoms with Crippen molar-refractivity contribution in [1.29, 1.82) is 0 Å². The predicted octanol–water partition coefficient (Wildman–Crippen LogP) is 2.58. The lowest BCUT2D eigenvalue weighted by molar-refractivity contribution is 0.0700. The van der Waals surface area contributed by atoms with Gasteiger partial charge < -0.3 is 9.84 Å². The van der Waals surface area contributed by atoms with Crippen molar-refractivity contribution < 1.29 is 14.6 Å². The van der Waals surface area contributed by atoms with E-state index in [2.05, 4.69) is 4.98 Å². The lowest BCUT2D eigenvalue weighted by Gasteiger charge is -2.01. The molecule has 1 rings (SSSR count). The Labute approximate surface area is 99.3 Å². The van der Waals surface area contributed by atoms with Crippen LogP contribution in [-0.2, 0) is 17.8 Å². The summed E-state index contributed by atoms with van der Waals surface area (Å²) in [5.74, 6) is -0.490. The number of ether oxygens (including phenoxy) is 1. The van der Waals surface area contributed by atoms with Gasteiger partial charge >= 0.3 is 5.97 Å². The van der Waals surface area contributed by atoms with Crippen LogP contribution in [0.4, 0.5) is 0 Å². The normalized spacial score (nSPS) is 11.0. The van der Waals surface area contributed by atoms with Crippen LogP contribution in [0.3, 0.4) is 0 Å². The summed E-state index contributed by atoms with van der Waals surface area (Å²) in [7, 11) is 0. The Morgan fingerprint density at radius 3 is 2.75 bits per heavy atom. The Kier molecular flexibility index (Phi) is 4.89. The molecule has 1 aromatic heterocycles. The minimum absolute atomic E-state index is 0.350. The maximum atomic E-state index is 11.0. The summed E-state index contributed by atoms with van der Waals surface area (Å²) in [6, 6.07) is 0. The minimum Gasteiger partial charge on any atom is -0.477 e. The number of hydrogen-bond donors (Lipinski definition) is 1. The molecular weight excluding hydrogens is 226 g/mol. The summed E-state index contributed by atoms with van der Waals surface area (Å²) in [4.78, 5) is 15.7. The number of thiazole rings is 1. The number of carboxylic acid groups (broad SMARTS) is 1. The first kappa shape index (κ1) is 13.1. The van der Waals surface area contributed by atoms with Crippen molar-refractivity contribution in [2.45, 2.75) is 33.8 Å². The maximum absolute atomic E-state index is 11.0. The Morgan fingerprint density at radius 1 is 1.56 bits per heavy atom. The van der Waals surface area contributed by atoms with Crippen LogP contribution in [0.1, 0.15) is 41.1 Å². The van der Waals surface area contributed by atoms with E-state index in [1.54, 1.807) is 0 Å². The third-order valence-electron chi connectivity index (χ3n) is 1.97. The van der Waals surface area contributed by atoms with Crippen LogP contribution in [-0.4, -0.2) is 22.7 Å². The lowest BCUT2D eigenvalue weighted by atomic mass is 10.1. The van der Waals surface area contributed by atoms with Crippen LogP contribution < -0.4 is 0 Å². The van der Waals surface area contributed by atoms with Crippen LogP contribution in [0.5, 0.6) is 0 Å². The summed E-state index contributed by atoms with van der Waals surface area (Å²) in [5.41, 5.74) is 0.683. The predicted molar refractivity (Wildman–Crippen MR) is 62.9 cm³/mol. The molecule has 1 N–H and O–H groups in total. The number of aromatic nitrogens is 1. The van der Waals surface area contributed by atoms with E-state index >= 15 is 0 Å². The Bertz CT molecular complexity index is 360. The zero-order valence-corrected chi connectivity index (χ0v) is 10.6. The van der Waals surface area contributed by atoms with Gasteiger partial charge in [-0.05, 0) is 19.3 Å². The van der Waals surface area contributed by atoms with Crippen molar-refractivity contribution in [3.63, 3.8) is 0 Å². The SMILES string of the molecule is CCOCc1nc(CC(C)C)c(C(=O)O)s1. The molecule has 0 bridgehead atoms. The van der Waals surface area contributed by atoms with E-state index < -0.39 is 5.97 Å². The van der Waals surface area contributed by atoms with Crippen molar-refractivity contribution in [2.75, 3.05) is 6.61 Å². The van der Waals surface area contributed by atoms with E-state index in [9.17, 15) is 4.79 Å². The maximum Gasteiger partial charge on any atom is 0.347 e. The van der Waals surface area contributed by atoms with Gasteiger partial charge in [0, 0.05) is 6.61 Å². The van der Waals surface area contributed by atoms with E-state index in [0.717, 1.165) is 5.01 Å². The molecule has 0 aliphatic carbocycles. The Hall–Kier alpha value is -0.940. The Morgan fingerprint density at radius 2 is 2.25 bits per heavy atom. The van der Waals surface area contributed by atoms with Crippen LogP contribution in [0.15, 0.2) is 0 Å². The van der Waals surface area contributed by atoms with Gasteiger partial charge in [0.15, 0.2) is 0 Å². The van der Waals surface area contributed by atoms with Gasteiger partial charge in [-0.1, -0.05) is 13.8 Å². The van der Waals surface area contributed by atoms with Gasteiger partial charge in [-0.25, -0.2) is 9.78 Å². The van der Waals surface area contributed by atoms with Gasteiger partial charge in [-0.2, -0.15) is 0 Å². The number of nitrogens with zero attached hydrogens (tertiary/aromatic N) is 1. The zero-order chi connectivity index (χ0) is 12.1. The van der Waals surface area contributed by atoms with Crippen LogP contribution in [0, 0.1) is 5.92 Å². The number of carboxylic acids is 1. The molecular formula is C11H17NO3S. The first-order valence-electron chi connectivity index (χ1n) is 5.34. The topological polar surface area (TPSA) is 59.4 Å². The van der Waals surface area contributed by atoms with Gasteiger partial charge in [0.2, 0.25) is 0 Å². The molecule has 0 radical (unpaired) electrons. The van der Waals surface area contributed by atoms with Crippen molar-refractivity contribution in [3.05, 3.63) is 15.6 Å². The Balaban J connectivity index is 2.86. The molecule has 0 atom stereocenters. The number of carbonyl (C=O) groups is 1. The van der Waals surface area contributed by atoms with E-state index in [1.165, 1.54) is 11.3 Å². The van der Waals surface area contributed by atoms with Gasteiger partial charge in [-0.3, -0.25) is 0 Å². The second kappa shape index (κ2) is 5.96. The zero-order valence-electron chi connectivity index (χ0n) is 9.82. The highest BCUT2D eigenvalue weighted by atomic mass is 32.1. The molecule has 0 saturated heterocycles. The van der Waals surface area contributed by atoms with E-state index in [0.29, 0.717) is 36.1 Å². The standard InChI is InChI=1S/C11H17NO3S/c1-4-15-6-9-12-8(5-7(2)3)10(16-9)11(13)14/h7H,4-6H2,1-3H3,(H,13,14). The summed E-state index contributed by atoms with van der Waals surface area (Å²) in [6.07, 6.45) is 0.699. The van der Waals surface area contributed by atoms with Crippen LogP contribution >= 0.6 is 11.3 Å². The third kappa shape index (κ3) is 3.57. The third-order valence-corrected chi connectivity index (χ3v) is 3.03. The summed E-state index contributed by atoms with van der Waals surface area (Å²) < 4.78 is 5.23. The van der Waals surface area contributed by atoms with Gasteiger partial charge in [0.25, 0.3) is 0 Å². The van der Waals surface area contributed by atoms with Crippen LogP contribution in [0.25, 0.3) is 0 Å². The fraction of sp³-hybridized carbons (Fsp3) is 0.636. The largest absolute Gasteiger partial charge is 0.477 e. The molecule has 16 heavy (non-hydrogen) atoms. The van der Waals surface area contributed by atoms with Crippen molar-refractivity contribution in [3.8, 4) is 0 Å². The number of rotatable bonds is 6. The second-order valence-electron chi connectivity index (χ2n) is 3.92. The fourth-order valence-corrected chi connectivity index (χ4v) is 2.21.